The lowest BCUT2D eigenvalue weighted by Gasteiger charge is -2.09. The van der Waals surface area contributed by atoms with E-state index >= 15 is 0 Å². The minimum atomic E-state index is -0.756. The molecular formula is C14H15N3O3S. The average Bonchev–Trinajstić information content (AvgIpc) is 3.02. The molecule has 3 N–H and O–H groups in total. The number of nitrogens with one attached hydrogen (secondary N) is 2. The molecule has 0 bridgehead atoms. The highest BCUT2D eigenvalue weighted by molar-refractivity contribution is 7.10. The zero-order valence-corrected chi connectivity index (χ0v) is 12.0. The third-order valence-electron chi connectivity index (χ3n) is 2.70. The van der Waals surface area contributed by atoms with Gasteiger partial charge >= 0.3 is 11.8 Å². The number of amides is 2. The van der Waals surface area contributed by atoms with E-state index in [1.54, 1.807) is 18.3 Å². The molecule has 2 aromatic heterocycles. The standard InChI is InChI=1S/C14H15N3O3S/c18-11(12-4-2-8-21-12)5-7-16-13(19)14(20)17-10-3-1-6-15-9-10/h1-4,6,8-9,11,18H,5,7H2,(H,16,19)(H,17,20)/t11-/m1/s1. The first-order valence-corrected chi connectivity index (χ1v) is 7.25. The Hall–Kier alpha value is -2.25. The number of aliphatic hydroxyl groups excluding tert-OH is 1. The molecule has 0 radical (unpaired) electrons. The summed E-state index contributed by atoms with van der Waals surface area (Å²) in [7, 11) is 0. The van der Waals surface area contributed by atoms with Crippen LogP contribution in [0.3, 0.4) is 0 Å². The molecule has 0 saturated carbocycles. The van der Waals surface area contributed by atoms with Gasteiger partial charge in [-0.1, -0.05) is 6.07 Å². The molecule has 0 fully saturated rings. The van der Waals surface area contributed by atoms with E-state index < -0.39 is 17.9 Å². The molecule has 0 spiro atoms. The van der Waals surface area contributed by atoms with Crippen LogP contribution in [0.5, 0.6) is 0 Å². The Labute approximate surface area is 125 Å². The number of hydrogen-bond donors (Lipinski definition) is 3. The smallest absolute Gasteiger partial charge is 0.313 e. The molecule has 2 amide bonds. The molecular weight excluding hydrogens is 290 g/mol. The van der Waals surface area contributed by atoms with Gasteiger partial charge in [0.25, 0.3) is 0 Å². The second-order valence-electron chi connectivity index (χ2n) is 4.27. The van der Waals surface area contributed by atoms with Crippen molar-refractivity contribution in [2.75, 3.05) is 11.9 Å². The second-order valence-corrected chi connectivity index (χ2v) is 5.25. The van der Waals surface area contributed by atoms with Crippen LogP contribution in [0.25, 0.3) is 0 Å². The summed E-state index contributed by atoms with van der Waals surface area (Å²) in [5, 5.41) is 16.6. The molecule has 21 heavy (non-hydrogen) atoms. The van der Waals surface area contributed by atoms with Gasteiger partial charge in [-0.2, -0.15) is 0 Å². The van der Waals surface area contributed by atoms with E-state index in [1.807, 2.05) is 17.5 Å². The van der Waals surface area contributed by atoms with Crippen LogP contribution in [-0.2, 0) is 9.59 Å². The van der Waals surface area contributed by atoms with Gasteiger partial charge in [0, 0.05) is 17.6 Å². The first-order valence-electron chi connectivity index (χ1n) is 6.37. The van der Waals surface area contributed by atoms with Crippen LogP contribution in [0.1, 0.15) is 17.4 Å². The van der Waals surface area contributed by atoms with Crippen LogP contribution in [0.2, 0.25) is 0 Å². The minimum absolute atomic E-state index is 0.221. The van der Waals surface area contributed by atoms with Crippen molar-refractivity contribution in [3.63, 3.8) is 0 Å². The Morgan fingerprint density at radius 3 is 2.81 bits per heavy atom. The van der Waals surface area contributed by atoms with Crippen molar-refractivity contribution in [3.8, 4) is 0 Å². The summed E-state index contributed by atoms with van der Waals surface area (Å²) < 4.78 is 0. The number of rotatable bonds is 5. The van der Waals surface area contributed by atoms with E-state index in [9.17, 15) is 14.7 Å². The molecule has 6 nitrogen and oxygen atoms in total. The lowest BCUT2D eigenvalue weighted by Crippen LogP contribution is -2.36. The van der Waals surface area contributed by atoms with Gasteiger partial charge in [-0.3, -0.25) is 14.6 Å². The Morgan fingerprint density at radius 2 is 2.14 bits per heavy atom. The van der Waals surface area contributed by atoms with Gasteiger partial charge in [-0.05, 0) is 30.0 Å². The maximum Gasteiger partial charge on any atom is 0.313 e. The highest BCUT2D eigenvalue weighted by atomic mass is 32.1. The fourth-order valence-corrected chi connectivity index (χ4v) is 2.40. The summed E-state index contributed by atoms with van der Waals surface area (Å²) >= 11 is 1.45. The molecule has 1 atom stereocenters. The maximum atomic E-state index is 11.6. The lowest BCUT2D eigenvalue weighted by molar-refractivity contribution is -0.136. The first kappa shape index (κ1) is 15.1. The minimum Gasteiger partial charge on any atom is -0.388 e. The van der Waals surface area contributed by atoms with Gasteiger partial charge in [0.15, 0.2) is 0 Å². The molecule has 0 aliphatic rings. The van der Waals surface area contributed by atoms with Crippen LogP contribution in [0.15, 0.2) is 42.0 Å². The Morgan fingerprint density at radius 1 is 1.29 bits per heavy atom. The Bertz CT molecular complexity index is 587. The Balaban J connectivity index is 1.73. The normalized spacial score (nSPS) is 11.7. The fourth-order valence-electron chi connectivity index (χ4n) is 1.65. The predicted molar refractivity (Wildman–Crippen MR) is 79.8 cm³/mol. The third-order valence-corrected chi connectivity index (χ3v) is 3.67. The molecule has 0 saturated heterocycles. The first-order chi connectivity index (χ1) is 10.2. The van der Waals surface area contributed by atoms with Crippen molar-refractivity contribution in [2.24, 2.45) is 0 Å². The number of pyridine rings is 1. The number of anilines is 1. The number of hydrogen-bond acceptors (Lipinski definition) is 5. The topological polar surface area (TPSA) is 91.3 Å². The van der Waals surface area contributed by atoms with E-state index in [0.29, 0.717) is 12.1 Å². The quantitative estimate of drug-likeness (QED) is 0.727. The van der Waals surface area contributed by atoms with Gasteiger partial charge in [-0.15, -0.1) is 11.3 Å². The Kier molecular flexibility index (Phi) is 5.42. The molecule has 2 rings (SSSR count). The average molecular weight is 305 g/mol. The molecule has 0 unspecified atom stereocenters. The molecule has 0 aromatic carbocycles. The number of nitrogens with zero attached hydrogens (tertiary/aromatic N) is 1. The summed E-state index contributed by atoms with van der Waals surface area (Å²) in [5.41, 5.74) is 0.455. The number of carbonyl (C=O) groups is 2. The van der Waals surface area contributed by atoms with Crippen molar-refractivity contribution in [2.45, 2.75) is 12.5 Å². The van der Waals surface area contributed by atoms with Gasteiger partial charge < -0.3 is 15.7 Å². The van der Waals surface area contributed by atoms with E-state index in [-0.39, 0.29) is 6.54 Å². The summed E-state index contributed by atoms with van der Waals surface area (Å²) in [6.07, 6.45) is 2.74. The third kappa shape index (κ3) is 4.66. The van der Waals surface area contributed by atoms with Crippen LogP contribution in [0, 0.1) is 0 Å². The molecule has 7 heteroatoms. The number of aliphatic hydroxyl groups is 1. The summed E-state index contributed by atoms with van der Waals surface area (Å²) in [4.78, 5) is 27.9. The molecule has 0 aliphatic heterocycles. The fraction of sp³-hybridized carbons (Fsp3) is 0.214. The van der Waals surface area contributed by atoms with Gasteiger partial charge in [0.05, 0.1) is 18.0 Å². The van der Waals surface area contributed by atoms with E-state index in [0.717, 1.165) is 4.88 Å². The largest absolute Gasteiger partial charge is 0.388 e. The SMILES string of the molecule is O=C(NCC[C@@H](O)c1cccs1)C(=O)Nc1cccnc1. The zero-order valence-electron chi connectivity index (χ0n) is 11.2. The highest BCUT2D eigenvalue weighted by Gasteiger charge is 2.14. The predicted octanol–water partition coefficient (Wildman–Crippen LogP) is 1.32. The summed E-state index contributed by atoms with van der Waals surface area (Å²) in [5.74, 6) is -1.49. The van der Waals surface area contributed by atoms with Gasteiger partial charge in [0.1, 0.15) is 0 Å². The lowest BCUT2D eigenvalue weighted by atomic mass is 10.2. The molecule has 110 valence electrons. The van der Waals surface area contributed by atoms with Crippen molar-refractivity contribution in [3.05, 3.63) is 46.9 Å². The summed E-state index contributed by atoms with van der Waals surface area (Å²) in [6, 6.07) is 6.97. The van der Waals surface area contributed by atoms with E-state index in [1.165, 1.54) is 17.5 Å². The summed E-state index contributed by atoms with van der Waals surface area (Å²) in [6.45, 7) is 0.221. The molecule has 2 aromatic rings. The highest BCUT2D eigenvalue weighted by Crippen LogP contribution is 2.20. The number of carbonyl (C=O) groups excluding carboxylic acids is 2. The van der Waals surface area contributed by atoms with E-state index in [4.69, 9.17) is 0 Å². The zero-order chi connectivity index (χ0) is 15.1. The van der Waals surface area contributed by atoms with Crippen LogP contribution in [-0.4, -0.2) is 28.4 Å². The molecule has 0 aliphatic carbocycles. The van der Waals surface area contributed by atoms with Crippen LogP contribution in [0.4, 0.5) is 5.69 Å². The van der Waals surface area contributed by atoms with Gasteiger partial charge in [0.2, 0.25) is 0 Å². The number of thiophene rings is 1. The second kappa shape index (κ2) is 7.51. The van der Waals surface area contributed by atoms with Crippen LogP contribution < -0.4 is 10.6 Å². The van der Waals surface area contributed by atoms with Gasteiger partial charge in [-0.25, -0.2) is 0 Å². The van der Waals surface area contributed by atoms with Crippen LogP contribution >= 0.6 is 11.3 Å². The van der Waals surface area contributed by atoms with Crippen molar-refractivity contribution in [1.82, 2.24) is 10.3 Å². The molecule has 2 heterocycles. The van der Waals surface area contributed by atoms with Crippen molar-refractivity contribution < 1.29 is 14.7 Å². The maximum absolute atomic E-state index is 11.6. The monoisotopic (exact) mass is 305 g/mol. The number of aromatic nitrogens is 1. The van der Waals surface area contributed by atoms with Crippen molar-refractivity contribution >= 4 is 28.8 Å². The van der Waals surface area contributed by atoms with Crippen molar-refractivity contribution in [1.29, 1.82) is 0 Å². The van der Waals surface area contributed by atoms with E-state index in [2.05, 4.69) is 15.6 Å².